The van der Waals surface area contributed by atoms with Crippen LogP contribution in [-0.4, -0.2) is 38.8 Å². The third-order valence-corrected chi connectivity index (χ3v) is 4.11. The van der Waals surface area contributed by atoms with Gasteiger partial charge in [0.25, 0.3) is 11.8 Å². The van der Waals surface area contributed by atoms with Crippen molar-refractivity contribution in [2.45, 2.75) is 61.6 Å². The van der Waals surface area contributed by atoms with Crippen LogP contribution < -0.4 is 0 Å². The average molecular weight is 416 g/mol. The zero-order valence-electron chi connectivity index (χ0n) is 19.1. The molecule has 1 aromatic carbocycles. The lowest BCUT2D eigenvalue weighted by Crippen LogP contribution is -2.31. The first-order chi connectivity index (χ1) is 14.3. The Kier molecular flexibility index (Phi) is 9.43. The molecule has 0 radical (unpaired) electrons. The van der Waals surface area contributed by atoms with Gasteiger partial charge in [0.2, 0.25) is 0 Å². The molecule has 0 N–H and O–H groups in total. The van der Waals surface area contributed by atoms with Gasteiger partial charge in [-0.1, -0.05) is 39.8 Å². The normalized spacial score (nSPS) is 12.4. The van der Waals surface area contributed by atoms with Gasteiger partial charge in [0.05, 0.1) is 28.6 Å². The zero-order valence-corrected chi connectivity index (χ0v) is 19.1. The molecular formula is C23H33N3O4. The highest BCUT2D eigenvalue weighted by Crippen LogP contribution is 2.22. The van der Waals surface area contributed by atoms with E-state index in [-0.39, 0.29) is 31.1 Å². The quantitative estimate of drug-likeness (QED) is 0.536. The molecule has 164 valence electrons. The third kappa shape index (κ3) is 6.02. The summed E-state index contributed by atoms with van der Waals surface area (Å²) >= 11 is 0. The second kappa shape index (κ2) is 11.3. The van der Waals surface area contributed by atoms with Crippen LogP contribution in [0.3, 0.4) is 0 Å². The monoisotopic (exact) mass is 415 g/mol. The molecule has 0 fully saturated rings. The molecule has 1 aliphatic rings. The fourth-order valence-electron chi connectivity index (χ4n) is 2.62. The number of amides is 2. The summed E-state index contributed by atoms with van der Waals surface area (Å²) in [7, 11) is 0. The summed E-state index contributed by atoms with van der Waals surface area (Å²) in [5.74, 6) is -0.841. The predicted octanol–water partition coefficient (Wildman–Crippen LogP) is 4.32. The van der Waals surface area contributed by atoms with E-state index < -0.39 is 5.41 Å². The number of hydrogen-bond donors (Lipinski definition) is 0. The van der Waals surface area contributed by atoms with Crippen molar-refractivity contribution in [1.29, 1.82) is 0 Å². The van der Waals surface area contributed by atoms with Crippen molar-refractivity contribution < 1.29 is 19.1 Å². The van der Waals surface area contributed by atoms with Crippen molar-refractivity contribution in [2.75, 3.05) is 6.54 Å². The van der Waals surface area contributed by atoms with Gasteiger partial charge in [0.1, 0.15) is 0 Å². The van der Waals surface area contributed by atoms with Crippen LogP contribution in [-0.2, 0) is 22.7 Å². The molecule has 1 aliphatic heterocycles. The summed E-state index contributed by atoms with van der Waals surface area (Å²) < 4.78 is 6.88. The molecule has 7 nitrogen and oxygen atoms in total. The summed E-state index contributed by atoms with van der Waals surface area (Å²) in [6, 6.07) is 6.81. The first kappa shape index (κ1) is 25.1. The number of ether oxygens (including phenoxy) is 1. The minimum absolute atomic E-state index is 0.0795. The Morgan fingerprint density at radius 3 is 2.03 bits per heavy atom. The van der Waals surface area contributed by atoms with Gasteiger partial charge < -0.3 is 9.30 Å². The Balaban J connectivity index is 0.00000106. The minimum Gasteiger partial charge on any atom is -0.443 e. The number of esters is 1. The van der Waals surface area contributed by atoms with Crippen LogP contribution in [0.5, 0.6) is 0 Å². The number of imide groups is 1. The van der Waals surface area contributed by atoms with Crippen LogP contribution in [0.2, 0.25) is 0 Å². The van der Waals surface area contributed by atoms with E-state index in [1.165, 1.54) is 4.90 Å². The molecule has 2 amide bonds. The first-order valence-corrected chi connectivity index (χ1v) is 10.4. The lowest BCUT2D eigenvalue weighted by molar-refractivity contribution is -0.156. The lowest BCUT2D eigenvalue weighted by atomic mass is 9.98. The van der Waals surface area contributed by atoms with E-state index in [4.69, 9.17) is 4.74 Å². The van der Waals surface area contributed by atoms with Gasteiger partial charge >= 0.3 is 5.97 Å². The van der Waals surface area contributed by atoms with E-state index in [2.05, 4.69) is 4.98 Å². The summed E-state index contributed by atoms with van der Waals surface area (Å²) in [5, 5.41) is 0. The molecule has 30 heavy (non-hydrogen) atoms. The van der Waals surface area contributed by atoms with Crippen LogP contribution in [0.25, 0.3) is 0 Å². The van der Waals surface area contributed by atoms with Crippen molar-refractivity contribution >= 4 is 17.8 Å². The van der Waals surface area contributed by atoms with Crippen LogP contribution >= 0.6 is 0 Å². The van der Waals surface area contributed by atoms with Gasteiger partial charge in [0.15, 0.2) is 6.73 Å². The number of imidazole rings is 1. The molecule has 0 atom stereocenters. The Labute approximate surface area is 179 Å². The number of fused-ring (bicyclic) bond motifs is 1. The molecule has 0 saturated carbocycles. The third-order valence-electron chi connectivity index (χ3n) is 4.11. The smallest absolute Gasteiger partial charge is 0.312 e. The lowest BCUT2D eigenvalue weighted by Gasteiger charge is -2.16. The zero-order chi connectivity index (χ0) is 22.9. The number of aromatic nitrogens is 2. The van der Waals surface area contributed by atoms with Crippen LogP contribution in [0.1, 0.15) is 74.9 Å². The predicted molar refractivity (Wildman–Crippen MR) is 116 cm³/mol. The molecular weight excluding hydrogens is 382 g/mol. The van der Waals surface area contributed by atoms with E-state index in [9.17, 15) is 14.4 Å². The number of hydrogen-bond acceptors (Lipinski definition) is 5. The van der Waals surface area contributed by atoms with Crippen molar-refractivity contribution in [2.24, 2.45) is 5.41 Å². The number of nitrogens with zero attached hydrogens (tertiary/aromatic N) is 3. The molecule has 0 aliphatic carbocycles. The summed E-state index contributed by atoms with van der Waals surface area (Å²) in [6.45, 7) is 13.7. The van der Waals surface area contributed by atoms with E-state index in [1.807, 2.05) is 27.7 Å². The first-order valence-electron chi connectivity index (χ1n) is 10.4. The highest BCUT2D eigenvalue weighted by molar-refractivity contribution is 6.21. The average Bonchev–Trinajstić information content (AvgIpc) is 3.30. The maximum atomic E-state index is 12.3. The number of carbonyl (C=O) groups excluding carboxylic acids is 3. The van der Waals surface area contributed by atoms with Crippen LogP contribution in [0.4, 0.5) is 0 Å². The number of benzene rings is 1. The Hall–Kier alpha value is -2.96. The van der Waals surface area contributed by atoms with Crippen molar-refractivity contribution in [3.05, 3.63) is 53.6 Å². The van der Waals surface area contributed by atoms with Crippen molar-refractivity contribution in [3.63, 3.8) is 0 Å². The van der Waals surface area contributed by atoms with Gasteiger partial charge in [-0.25, -0.2) is 4.98 Å². The van der Waals surface area contributed by atoms with Gasteiger partial charge in [-0.2, -0.15) is 0 Å². The molecule has 7 heteroatoms. The van der Waals surface area contributed by atoms with Gasteiger partial charge in [-0.15, -0.1) is 0 Å². The van der Waals surface area contributed by atoms with Gasteiger partial charge in [-0.05, 0) is 32.9 Å². The van der Waals surface area contributed by atoms with Crippen LogP contribution in [0.15, 0.2) is 36.8 Å². The van der Waals surface area contributed by atoms with Crippen molar-refractivity contribution in [3.8, 4) is 0 Å². The number of carbonyl (C=O) groups is 3. The van der Waals surface area contributed by atoms with E-state index >= 15 is 0 Å². The summed E-state index contributed by atoms with van der Waals surface area (Å²) in [4.78, 5) is 41.9. The van der Waals surface area contributed by atoms with Crippen LogP contribution in [0, 0.1) is 5.41 Å². The largest absolute Gasteiger partial charge is 0.443 e. The fourth-order valence-corrected chi connectivity index (χ4v) is 2.62. The Bertz CT molecular complexity index is 830. The molecule has 0 unspecified atom stereocenters. The second-order valence-electron chi connectivity index (χ2n) is 7.25. The minimum atomic E-state index is -0.561. The molecule has 2 aromatic rings. The topological polar surface area (TPSA) is 81.5 Å². The number of rotatable bonds is 5. The highest BCUT2D eigenvalue weighted by Gasteiger charge is 2.34. The molecule has 1 aromatic heterocycles. The summed E-state index contributed by atoms with van der Waals surface area (Å²) in [5.41, 5.74) is 1.04. The fraction of sp³-hybridized carbons (Fsp3) is 0.478. The molecule has 0 spiro atoms. The van der Waals surface area contributed by atoms with E-state index in [0.717, 1.165) is 0 Å². The maximum absolute atomic E-state index is 12.3. The van der Waals surface area contributed by atoms with Gasteiger partial charge in [-0.3, -0.25) is 19.3 Å². The maximum Gasteiger partial charge on any atom is 0.312 e. The van der Waals surface area contributed by atoms with Crippen molar-refractivity contribution in [1.82, 2.24) is 14.5 Å². The van der Waals surface area contributed by atoms with E-state index in [0.29, 0.717) is 23.2 Å². The highest BCUT2D eigenvalue weighted by atomic mass is 16.5. The molecule has 0 saturated heterocycles. The van der Waals surface area contributed by atoms with Gasteiger partial charge in [0, 0.05) is 19.2 Å². The Morgan fingerprint density at radius 1 is 1.00 bits per heavy atom. The standard InChI is InChI=1S/C19H21N3O4.2C2H6/c1-19(2,3)18(25)26-12-21-10-13(20-11-21)8-9-22-16(23)14-6-4-5-7-15(14)17(22)24;2*1-2/h4-7,10-11H,8-9,12H2,1-3H3;2*1-2H3. The summed E-state index contributed by atoms with van der Waals surface area (Å²) in [6.07, 6.45) is 3.74. The molecule has 3 rings (SSSR count). The Morgan fingerprint density at radius 2 is 1.53 bits per heavy atom. The van der Waals surface area contributed by atoms with E-state index in [1.54, 1.807) is 62.1 Å². The SMILES string of the molecule is CC.CC.CC(C)(C)C(=O)OCn1cnc(CCN2C(=O)c3ccccc3C2=O)c1. The second-order valence-corrected chi connectivity index (χ2v) is 7.25. The molecule has 2 heterocycles. The molecule has 0 bridgehead atoms.